The summed E-state index contributed by atoms with van der Waals surface area (Å²) >= 11 is 4.22. The molecule has 0 saturated heterocycles. The fourth-order valence-corrected chi connectivity index (χ4v) is 2.08. The average Bonchev–Trinajstić information content (AvgIpc) is 2.94. The highest BCUT2D eigenvalue weighted by atomic mass is 127. The van der Waals surface area contributed by atoms with E-state index < -0.39 is 27.4 Å². The fourth-order valence-electron chi connectivity index (χ4n) is 1.35. The molecule has 0 atom stereocenters. The molecule has 1 N–H and O–H groups in total. The predicted molar refractivity (Wildman–Crippen MR) is 74.5 cm³/mol. The summed E-state index contributed by atoms with van der Waals surface area (Å²) in [5.74, 6) is -0.517. The molecule has 20 heavy (non-hydrogen) atoms. The Morgan fingerprint density at radius 1 is 1.55 bits per heavy atom. The van der Waals surface area contributed by atoms with Gasteiger partial charge in [-0.1, -0.05) is 16.8 Å². The largest absolute Gasteiger partial charge is 0.464 e. The molecule has 0 unspecified atom stereocenters. The molecule has 9 nitrogen and oxygen atoms in total. The van der Waals surface area contributed by atoms with E-state index in [2.05, 4.69) is 20.0 Å². The number of ether oxygens (including phenoxy) is 1. The molecule has 0 radical (unpaired) electrons. The van der Waals surface area contributed by atoms with Gasteiger partial charge in [0.25, 0.3) is 21.5 Å². The highest BCUT2D eigenvalue weighted by Crippen LogP contribution is 2.26. The van der Waals surface area contributed by atoms with Gasteiger partial charge >= 0.3 is 5.97 Å². The van der Waals surface area contributed by atoms with Crippen molar-refractivity contribution in [1.29, 1.82) is 0 Å². The zero-order chi connectivity index (χ0) is 14.7. The van der Waals surface area contributed by atoms with Gasteiger partial charge in [0.1, 0.15) is 0 Å². The second-order valence-corrected chi connectivity index (χ2v) is 5.07. The quantitative estimate of drug-likeness (QED) is 0.349. The summed E-state index contributed by atoms with van der Waals surface area (Å²) in [6.07, 6.45) is 2.45. The number of carbonyl (C=O) groups is 1. The van der Waals surface area contributed by atoms with Crippen LogP contribution in [0.4, 0.5) is 5.69 Å². The number of rotatable bonds is 4. The first-order valence-corrected chi connectivity index (χ1v) is 7.22. The number of hydrogen-bond acceptors (Lipinski definition) is 7. The lowest BCUT2D eigenvalue weighted by Crippen LogP contribution is -2.12. The van der Waals surface area contributed by atoms with E-state index >= 15 is 0 Å². The van der Waals surface area contributed by atoms with Crippen molar-refractivity contribution in [3.8, 4) is 5.82 Å². The van der Waals surface area contributed by atoms with Gasteiger partial charge in [-0.15, -0.1) is 5.10 Å². The van der Waals surface area contributed by atoms with Crippen LogP contribution in [0.1, 0.15) is 10.5 Å². The second-order valence-electron chi connectivity index (χ2n) is 3.35. The number of pyridine rings is 1. The van der Waals surface area contributed by atoms with Gasteiger partial charge in [0, 0.05) is 0 Å². The van der Waals surface area contributed by atoms with E-state index in [-0.39, 0.29) is 22.2 Å². The highest BCUT2D eigenvalue weighted by Gasteiger charge is 2.18. The van der Waals surface area contributed by atoms with Crippen LogP contribution in [-0.4, -0.2) is 38.3 Å². The molecule has 2 aromatic rings. The Labute approximate surface area is 128 Å². The third kappa shape index (κ3) is 2.76. The van der Waals surface area contributed by atoms with Gasteiger partial charge in [0.15, 0.2) is 11.5 Å². The number of nitrogens with zero attached hydrogens (tertiary/aromatic N) is 5. The van der Waals surface area contributed by atoms with Crippen LogP contribution >= 0.6 is 33.1 Å². The highest BCUT2D eigenvalue weighted by molar-refractivity contribution is 14.1. The predicted octanol–water partition coefficient (Wildman–Crippen LogP) is 1.53. The Bertz CT molecular complexity index is 664. The van der Waals surface area contributed by atoms with Crippen LogP contribution < -0.4 is 3.28 Å². The number of esters is 1. The Morgan fingerprint density at radius 2 is 2.30 bits per heavy atom. The zero-order valence-corrected chi connectivity index (χ0v) is 12.8. The van der Waals surface area contributed by atoms with Gasteiger partial charge in [-0.25, -0.2) is 12.8 Å². The molecule has 0 aliphatic heterocycles. The molecule has 11 heteroatoms. The number of methoxy groups -OCH3 is 1. The fraction of sp³-hybridized carbons (Fsp3) is 0.111. The van der Waals surface area contributed by atoms with E-state index in [1.54, 1.807) is 0 Å². The van der Waals surface area contributed by atoms with Gasteiger partial charge in [-0.2, -0.15) is 7.96 Å². The van der Waals surface area contributed by atoms with E-state index in [0.29, 0.717) is 3.28 Å². The minimum Gasteiger partial charge on any atom is -0.464 e. The minimum absolute atomic E-state index is 0.0479. The minimum atomic E-state index is -1.79. The maximum Gasteiger partial charge on any atom is 0.358 e. The molecule has 0 saturated carbocycles. The Kier molecular flexibility index (Phi) is 4.57. The van der Waals surface area contributed by atoms with Crippen molar-refractivity contribution in [1.82, 2.24) is 20.0 Å². The molecule has 2 heterocycles. The van der Waals surface area contributed by atoms with Crippen molar-refractivity contribution in [2.75, 3.05) is 10.4 Å². The van der Waals surface area contributed by atoms with Crippen LogP contribution in [-0.2, 0) is 7.81 Å². The Morgan fingerprint density at radius 3 is 2.90 bits per heavy atom. The van der Waals surface area contributed by atoms with E-state index in [9.17, 15) is 13.1 Å². The molecule has 0 aliphatic carbocycles. The topological polar surface area (TPSA) is 110 Å². The maximum absolute atomic E-state index is 11.5. The number of hydrogen-bond donors (Lipinski definition) is 1. The van der Waals surface area contributed by atoms with E-state index in [1.807, 2.05) is 0 Å². The Balaban J connectivity index is 2.47. The standard InChI is InChI=1S/C9H7ClIN5O4/c1-20-9(17)7-4-13-14-15(7)8-6(10)2-5(3-12-8)16(19)11-18/h2-4,19H,1H3. The molecule has 2 rings (SSSR count). The van der Waals surface area contributed by atoms with Gasteiger partial charge in [-0.05, 0) is 6.07 Å². The van der Waals surface area contributed by atoms with Crippen molar-refractivity contribution in [3.05, 3.63) is 29.2 Å². The lowest BCUT2D eigenvalue weighted by atomic mass is 10.4. The van der Waals surface area contributed by atoms with Crippen LogP contribution in [0, 0.1) is 0 Å². The molecule has 2 aromatic heterocycles. The molecule has 0 aromatic carbocycles. The molecule has 0 spiro atoms. The lowest BCUT2D eigenvalue weighted by molar-refractivity contribution is 0.0590. The summed E-state index contributed by atoms with van der Waals surface area (Å²) in [6, 6.07) is 1.34. The first kappa shape index (κ1) is 14.7. The number of halogens is 2. The monoisotopic (exact) mass is 411 g/mol. The smallest absolute Gasteiger partial charge is 0.358 e. The van der Waals surface area contributed by atoms with E-state index in [4.69, 9.17) is 11.6 Å². The number of aromatic nitrogens is 4. The van der Waals surface area contributed by atoms with Crippen molar-refractivity contribution in [2.45, 2.75) is 0 Å². The lowest BCUT2D eigenvalue weighted by Gasteiger charge is -2.10. The van der Waals surface area contributed by atoms with Crippen molar-refractivity contribution in [2.24, 2.45) is 0 Å². The first-order chi connectivity index (χ1) is 9.58. The molecule has 0 amide bonds. The molecule has 106 valence electrons. The Hall–Kier alpha value is -1.66. The van der Waals surface area contributed by atoms with Gasteiger partial charge in [0.05, 0.1) is 30.2 Å². The summed E-state index contributed by atoms with van der Waals surface area (Å²) in [7, 11) is 1.22. The SMILES string of the molecule is COC(=O)c1cnnn1-c1ncc(N(O)I=O)cc1Cl. The van der Waals surface area contributed by atoms with Gasteiger partial charge in [-0.3, -0.25) is 5.21 Å². The summed E-state index contributed by atoms with van der Waals surface area (Å²) in [5, 5.41) is 16.7. The molecular weight excluding hydrogens is 404 g/mol. The third-order valence-electron chi connectivity index (χ3n) is 2.23. The third-order valence-corrected chi connectivity index (χ3v) is 3.44. The molecular formula is C9H7ClIN5O4. The first-order valence-electron chi connectivity index (χ1n) is 4.99. The van der Waals surface area contributed by atoms with E-state index in [0.717, 1.165) is 4.68 Å². The molecule has 0 fully saturated rings. The average molecular weight is 412 g/mol. The van der Waals surface area contributed by atoms with Crippen molar-refractivity contribution < 1.29 is 17.8 Å². The zero-order valence-electron chi connectivity index (χ0n) is 9.90. The van der Waals surface area contributed by atoms with Crippen LogP contribution in [0.3, 0.4) is 0 Å². The number of carbonyl (C=O) groups excluding carboxylic acids is 1. The van der Waals surface area contributed by atoms with Crippen LogP contribution in [0.25, 0.3) is 5.82 Å². The molecule has 0 aliphatic rings. The van der Waals surface area contributed by atoms with Gasteiger partial charge < -0.3 is 4.74 Å². The summed E-state index contributed by atoms with van der Waals surface area (Å²) < 4.78 is 16.9. The summed E-state index contributed by atoms with van der Waals surface area (Å²) in [4.78, 5) is 15.5. The van der Waals surface area contributed by atoms with Crippen molar-refractivity contribution in [3.63, 3.8) is 0 Å². The summed E-state index contributed by atoms with van der Waals surface area (Å²) in [6.45, 7) is 0. The van der Waals surface area contributed by atoms with Gasteiger partial charge in [0.2, 0.25) is 0 Å². The van der Waals surface area contributed by atoms with Crippen LogP contribution in [0.2, 0.25) is 5.02 Å². The van der Waals surface area contributed by atoms with E-state index in [1.165, 1.54) is 25.6 Å². The van der Waals surface area contributed by atoms with Crippen molar-refractivity contribution >= 4 is 44.7 Å². The van der Waals surface area contributed by atoms with Crippen LogP contribution in [0.5, 0.6) is 0 Å². The van der Waals surface area contributed by atoms with Crippen LogP contribution in [0.15, 0.2) is 18.5 Å². The number of anilines is 1. The summed E-state index contributed by atoms with van der Waals surface area (Å²) in [5.41, 5.74) is 0.216. The second kappa shape index (κ2) is 6.19. The normalized spacial score (nSPS) is 10.3. The maximum atomic E-state index is 11.5. The molecule has 0 bridgehead atoms.